The summed E-state index contributed by atoms with van der Waals surface area (Å²) in [7, 11) is 3.75. The van der Waals surface area contributed by atoms with Gasteiger partial charge in [-0.1, -0.05) is 11.2 Å². The zero-order valence-corrected chi connectivity index (χ0v) is 23.9. The molecule has 4 rings (SSSR count). The summed E-state index contributed by atoms with van der Waals surface area (Å²) in [6.45, 7) is 9.38. The van der Waals surface area contributed by atoms with E-state index in [0.717, 1.165) is 53.5 Å². The van der Waals surface area contributed by atoms with Crippen LogP contribution < -0.4 is 10.6 Å². The van der Waals surface area contributed by atoms with Gasteiger partial charge in [0.1, 0.15) is 11.4 Å². The Balaban J connectivity index is 0.00000134. The molecule has 1 aromatic heterocycles. The van der Waals surface area contributed by atoms with Crippen LogP contribution in [0.15, 0.2) is 40.9 Å². The number of likely N-dealkylation sites (tertiary alicyclic amines) is 1. The number of aryl methyl sites for hydroxylation is 2. The van der Waals surface area contributed by atoms with Gasteiger partial charge < -0.3 is 24.8 Å². The fraction of sp³-hybridized carbons (Fsp3) is 0.500. The number of nitrogens with one attached hydrogen (secondary N) is 2. The number of nitrogens with zero attached hydrogens (tertiary/aromatic N) is 2. The van der Waals surface area contributed by atoms with Gasteiger partial charge in [-0.05, 0) is 109 Å². The van der Waals surface area contributed by atoms with E-state index in [1.807, 2.05) is 53.9 Å². The molecule has 0 atom stereocenters. The molecule has 2 aromatic carbocycles. The molecule has 0 unspecified atom stereocenters. The summed E-state index contributed by atoms with van der Waals surface area (Å²) in [4.78, 5) is 26.4. The summed E-state index contributed by atoms with van der Waals surface area (Å²) in [5, 5.41) is 11.0. The number of amides is 2. The fourth-order valence-electron chi connectivity index (χ4n) is 4.55. The Morgan fingerprint density at radius 1 is 1.10 bits per heavy atom. The van der Waals surface area contributed by atoms with Crippen molar-refractivity contribution in [2.75, 3.05) is 27.2 Å². The Morgan fingerprint density at radius 3 is 2.36 bits per heavy atom. The monoisotopic (exact) mass is 540 g/mol. The molecule has 1 aliphatic rings. The van der Waals surface area contributed by atoms with Crippen LogP contribution in [-0.4, -0.2) is 54.8 Å². The largest absolute Gasteiger partial charge is 0.444 e. The average molecular weight is 541 g/mol. The fourth-order valence-corrected chi connectivity index (χ4v) is 4.55. The molecule has 0 spiro atoms. The maximum Gasteiger partial charge on any atom is 0.410 e. The van der Waals surface area contributed by atoms with E-state index in [2.05, 4.69) is 15.8 Å². The second kappa shape index (κ2) is 13.6. The van der Waals surface area contributed by atoms with Gasteiger partial charge in [0.05, 0.1) is 5.69 Å². The molecule has 39 heavy (non-hydrogen) atoms. The van der Waals surface area contributed by atoms with Gasteiger partial charge in [-0.15, -0.1) is 0 Å². The number of benzene rings is 2. The van der Waals surface area contributed by atoms with Crippen LogP contribution in [0.4, 0.5) is 9.18 Å². The zero-order valence-electron chi connectivity index (χ0n) is 23.9. The van der Waals surface area contributed by atoms with Crippen molar-refractivity contribution in [1.82, 2.24) is 20.7 Å². The van der Waals surface area contributed by atoms with Crippen molar-refractivity contribution in [2.24, 2.45) is 5.92 Å². The molecule has 2 amide bonds. The van der Waals surface area contributed by atoms with Crippen LogP contribution in [0.2, 0.25) is 0 Å². The molecule has 212 valence electrons. The second-order valence-electron chi connectivity index (χ2n) is 11.0. The third kappa shape index (κ3) is 8.51. The molecular formula is C30H41FN4O4. The first-order valence-electron chi connectivity index (χ1n) is 13.5. The van der Waals surface area contributed by atoms with Gasteiger partial charge in [0.25, 0.3) is 5.91 Å². The van der Waals surface area contributed by atoms with Crippen molar-refractivity contribution in [3.05, 3.63) is 64.6 Å². The summed E-state index contributed by atoms with van der Waals surface area (Å²) in [6, 6.07) is 9.45. The minimum Gasteiger partial charge on any atom is -0.444 e. The number of carbonyl (C=O) groups excluding carboxylic acids is 2. The lowest BCUT2D eigenvalue weighted by Gasteiger charge is -2.33. The van der Waals surface area contributed by atoms with Crippen LogP contribution in [0, 0.1) is 18.7 Å². The number of aromatic nitrogens is 1. The van der Waals surface area contributed by atoms with Crippen molar-refractivity contribution >= 4 is 23.0 Å². The summed E-state index contributed by atoms with van der Waals surface area (Å²) < 4.78 is 24.3. The minimum atomic E-state index is -0.478. The molecule has 3 aromatic rings. The maximum absolute atomic E-state index is 13.1. The van der Waals surface area contributed by atoms with Gasteiger partial charge in [0, 0.05) is 36.1 Å². The van der Waals surface area contributed by atoms with Gasteiger partial charge in [-0.25, -0.2) is 9.18 Å². The number of halogens is 1. The SMILES string of the molecule is CNC.Cc1c(CNC(=O)c2ccc(F)cc2)ccc2c(CCC3CCN(C(=O)OC(C)(C)C)CC3)noc12. The van der Waals surface area contributed by atoms with E-state index in [-0.39, 0.29) is 17.8 Å². The number of ether oxygens (including phenoxy) is 1. The van der Waals surface area contributed by atoms with Crippen LogP contribution in [0.5, 0.6) is 0 Å². The number of carbonyl (C=O) groups is 2. The second-order valence-corrected chi connectivity index (χ2v) is 11.0. The summed E-state index contributed by atoms with van der Waals surface area (Å²) in [5.41, 5.74) is 3.48. The quantitative estimate of drug-likeness (QED) is 0.421. The number of rotatable bonds is 6. The smallest absolute Gasteiger partial charge is 0.410 e. The van der Waals surface area contributed by atoms with E-state index in [4.69, 9.17) is 9.26 Å². The van der Waals surface area contributed by atoms with Crippen molar-refractivity contribution < 1.29 is 23.2 Å². The molecule has 2 heterocycles. The average Bonchev–Trinajstić information content (AvgIpc) is 3.31. The lowest BCUT2D eigenvalue weighted by Crippen LogP contribution is -2.41. The van der Waals surface area contributed by atoms with Gasteiger partial charge in [0.15, 0.2) is 5.58 Å². The van der Waals surface area contributed by atoms with Crippen molar-refractivity contribution in [2.45, 2.75) is 65.5 Å². The van der Waals surface area contributed by atoms with Crippen molar-refractivity contribution in [1.29, 1.82) is 0 Å². The topological polar surface area (TPSA) is 96.7 Å². The van der Waals surface area contributed by atoms with Crippen LogP contribution in [0.1, 0.15) is 67.2 Å². The van der Waals surface area contributed by atoms with E-state index < -0.39 is 5.60 Å². The van der Waals surface area contributed by atoms with E-state index in [1.165, 1.54) is 24.3 Å². The van der Waals surface area contributed by atoms with Crippen molar-refractivity contribution in [3.63, 3.8) is 0 Å². The van der Waals surface area contributed by atoms with Gasteiger partial charge in [-0.3, -0.25) is 4.79 Å². The van der Waals surface area contributed by atoms with E-state index in [9.17, 15) is 14.0 Å². The molecule has 2 N–H and O–H groups in total. The highest BCUT2D eigenvalue weighted by Crippen LogP contribution is 2.28. The third-order valence-corrected chi connectivity index (χ3v) is 6.68. The molecule has 1 fully saturated rings. The highest BCUT2D eigenvalue weighted by Gasteiger charge is 2.27. The van der Waals surface area contributed by atoms with Crippen LogP contribution in [0.25, 0.3) is 11.0 Å². The summed E-state index contributed by atoms with van der Waals surface area (Å²) >= 11 is 0. The molecule has 0 bridgehead atoms. The standard InChI is InChI=1S/C28H34FN3O4.C2H7N/c1-18-21(17-30-26(33)20-6-9-22(29)10-7-20)8-11-23-24(31-36-25(18)23)12-5-19-13-15-32(16-14-19)27(34)35-28(2,3)4;1-3-2/h6-11,19H,5,12-17H2,1-4H3,(H,30,33);3H,1-2H3. The van der Waals surface area contributed by atoms with Crippen molar-refractivity contribution in [3.8, 4) is 0 Å². The molecule has 0 aliphatic carbocycles. The first-order chi connectivity index (χ1) is 18.5. The van der Waals surface area contributed by atoms with E-state index in [0.29, 0.717) is 31.1 Å². The third-order valence-electron chi connectivity index (χ3n) is 6.68. The van der Waals surface area contributed by atoms with Gasteiger partial charge in [0.2, 0.25) is 0 Å². The summed E-state index contributed by atoms with van der Waals surface area (Å²) in [5.74, 6) is -0.108. The first kappa shape index (κ1) is 30.1. The number of piperidine rings is 1. The lowest BCUT2D eigenvalue weighted by molar-refractivity contribution is 0.0181. The first-order valence-corrected chi connectivity index (χ1v) is 13.5. The molecule has 1 saturated heterocycles. The molecule has 0 radical (unpaired) electrons. The van der Waals surface area contributed by atoms with Gasteiger partial charge >= 0.3 is 6.09 Å². The van der Waals surface area contributed by atoms with Crippen LogP contribution in [0.3, 0.4) is 0 Å². The van der Waals surface area contributed by atoms with Crippen LogP contribution in [-0.2, 0) is 17.7 Å². The minimum absolute atomic E-state index is 0.233. The Kier molecular flexibility index (Phi) is 10.5. The lowest BCUT2D eigenvalue weighted by atomic mass is 9.91. The predicted molar refractivity (Wildman–Crippen MR) is 150 cm³/mol. The number of fused-ring (bicyclic) bond motifs is 1. The molecule has 9 heteroatoms. The zero-order chi connectivity index (χ0) is 28.6. The molecule has 1 aliphatic heterocycles. The van der Waals surface area contributed by atoms with E-state index in [1.54, 1.807) is 4.90 Å². The van der Waals surface area contributed by atoms with Crippen LogP contribution >= 0.6 is 0 Å². The highest BCUT2D eigenvalue weighted by molar-refractivity contribution is 5.94. The molecule has 0 saturated carbocycles. The molecule has 8 nitrogen and oxygen atoms in total. The Morgan fingerprint density at radius 2 is 1.74 bits per heavy atom. The molecular weight excluding hydrogens is 499 g/mol. The predicted octanol–water partition coefficient (Wildman–Crippen LogP) is 5.62. The normalized spacial score (nSPS) is 14.1. The highest BCUT2D eigenvalue weighted by atomic mass is 19.1. The number of hydrogen-bond acceptors (Lipinski definition) is 6. The maximum atomic E-state index is 13.1. The van der Waals surface area contributed by atoms with E-state index >= 15 is 0 Å². The van der Waals surface area contributed by atoms with Gasteiger partial charge in [-0.2, -0.15) is 0 Å². The summed E-state index contributed by atoms with van der Waals surface area (Å²) in [6.07, 6.45) is 3.46. The Bertz CT molecular complexity index is 1240. The number of hydrogen-bond donors (Lipinski definition) is 2. The Hall–Kier alpha value is -3.46. The Labute approximate surface area is 230 Å².